The fraction of sp³-hybridized carbons (Fsp3) is 1.00. The lowest BCUT2D eigenvalue weighted by Gasteiger charge is -2.37. The van der Waals surface area contributed by atoms with E-state index in [2.05, 4.69) is 5.32 Å². The molecular formula is C13H27NO3. The van der Waals surface area contributed by atoms with Crippen molar-refractivity contribution in [1.82, 2.24) is 5.32 Å². The zero-order valence-corrected chi connectivity index (χ0v) is 11.6. The summed E-state index contributed by atoms with van der Waals surface area (Å²) in [7, 11) is 1.71. The Kier molecular flexibility index (Phi) is 5.38. The van der Waals surface area contributed by atoms with Crippen LogP contribution in [0.2, 0.25) is 0 Å². The Morgan fingerprint density at radius 1 is 1.41 bits per heavy atom. The van der Waals surface area contributed by atoms with Gasteiger partial charge in [0.05, 0.1) is 18.3 Å². The van der Waals surface area contributed by atoms with Crippen LogP contribution in [-0.4, -0.2) is 49.2 Å². The first-order valence-corrected chi connectivity index (χ1v) is 6.43. The number of hydrogen-bond donors (Lipinski definition) is 2. The van der Waals surface area contributed by atoms with Crippen LogP contribution in [0.25, 0.3) is 0 Å². The molecule has 1 fully saturated rings. The van der Waals surface area contributed by atoms with Gasteiger partial charge in [-0.2, -0.15) is 0 Å². The Hall–Kier alpha value is -0.160. The fourth-order valence-electron chi connectivity index (χ4n) is 2.35. The van der Waals surface area contributed by atoms with Crippen LogP contribution >= 0.6 is 0 Å². The highest BCUT2D eigenvalue weighted by Crippen LogP contribution is 2.23. The third kappa shape index (κ3) is 4.92. The molecule has 0 aromatic rings. The Balaban J connectivity index is 2.43. The SMILES string of the molecule is COC(C)(C)CC(C)(CO)NCC1CCCO1. The summed E-state index contributed by atoms with van der Waals surface area (Å²) in [6.45, 7) is 7.88. The van der Waals surface area contributed by atoms with Crippen LogP contribution in [-0.2, 0) is 9.47 Å². The molecule has 0 bridgehead atoms. The molecule has 1 rings (SSSR count). The first-order valence-electron chi connectivity index (χ1n) is 6.43. The molecular weight excluding hydrogens is 218 g/mol. The van der Waals surface area contributed by atoms with Gasteiger partial charge in [0, 0.05) is 25.8 Å². The molecule has 4 nitrogen and oxygen atoms in total. The van der Waals surface area contributed by atoms with Gasteiger partial charge in [-0.3, -0.25) is 0 Å². The summed E-state index contributed by atoms with van der Waals surface area (Å²) in [5, 5.41) is 13.0. The van der Waals surface area contributed by atoms with Crippen LogP contribution in [0, 0.1) is 0 Å². The Bertz CT molecular complexity index is 227. The summed E-state index contributed by atoms with van der Waals surface area (Å²) < 4.78 is 11.0. The fourth-order valence-corrected chi connectivity index (χ4v) is 2.35. The third-order valence-electron chi connectivity index (χ3n) is 3.50. The molecule has 0 aromatic heterocycles. The third-order valence-corrected chi connectivity index (χ3v) is 3.50. The number of hydrogen-bond acceptors (Lipinski definition) is 4. The van der Waals surface area contributed by atoms with Crippen LogP contribution in [0.15, 0.2) is 0 Å². The maximum Gasteiger partial charge on any atom is 0.0700 e. The molecule has 2 unspecified atom stereocenters. The molecule has 0 aliphatic carbocycles. The molecule has 102 valence electrons. The molecule has 1 aliphatic heterocycles. The number of ether oxygens (including phenoxy) is 2. The van der Waals surface area contributed by atoms with Crippen molar-refractivity contribution >= 4 is 0 Å². The van der Waals surface area contributed by atoms with Crippen LogP contribution in [0.3, 0.4) is 0 Å². The van der Waals surface area contributed by atoms with Crippen LogP contribution < -0.4 is 5.32 Å². The Labute approximate surface area is 105 Å². The summed E-state index contributed by atoms with van der Waals surface area (Å²) in [4.78, 5) is 0. The number of rotatable bonds is 7. The Morgan fingerprint density at radius 2 is 2.12 bits per heavy atom. The highest BCUT2D eigenvalue weighted by atomic mass is 16.5. The first kappa shape index (κ1) is 14.9. The predicted octanol–water partition coefficient (Wildman–Crippen LogP) is 1.32. The summed E-state index contributed by atoms with van der Waals surface area (Å²) in [5.41, 5.74) is -0.549. The highest BCUT2D eigenvalue weighted by molar-refractivity contribution is 4.90. The van der Waals surface area contributed by atoms with Gasteiger partial charge in [-0.1, -0.05) is 0 Å². The van der Waals surface area contributed by atoms with Crippen molar-refractivity contribution < 1.29 is 14.6 Å². The molecule has 1 saturated heterocycles. The quantitative estimate of drug-likeness (QED) is 0.710. The van der Waals surface area contributed by atoms with Gasteiger partial charge >= 0.3 is 0 Å². The summed E-state index contributed by atoms with van der Waals surface area (Å²) in [6.07, 6.45) is 3.32. The van der Waals surface area contributed by atoms with E-state index in [0.717, 1.165) is 32.4 Å². The van der Waals surface area contributed by atoms with Crippen molar-refractivity contribution in [3.05, 3.63) is 0 Å². The zero-order valence-electron chi connectivity index (χ0n) is 11.6. The van der Waals surface area contributed by atoms with Gasteiger partial charge in [-0.25, -0.2) is 0 Å². The van der Waals surface area contributed by atoms with Crippen LogP contribution in [0.5, 0.6) is 0 Å². The first-order chi connectivity index (χ1) is 7.91. The van der Waals surface area contributed by atoms with Gasteiger partial charge in [0.15, 0.2) is 0 Å². The number of methoxy groups -OCH3 is 1. The average molecular weight is 245 g/mol. The van der Waals surface area contributed by atoms with Crippen molar-refractivity contribution in [3.8, 4) is 0 Å². The second-order valence-corrected chi connectivity index (χ2v) is 5.88. The maximum atomic E-state index is 9.56. The van der Waals surface area contributed by atoms with E-state index < -0.39 is 0 Å². The van der Waals surface area contributed by atoms with Gasteiger partial charge in [-0.05, 0) is 40.0 Å². The normalized spacial score (nSPS) is 24.9. The van der Waals surface area contributed by atoms with Crippen LogP contribution in [0.1, 0.15) is 40.0 Å². The lowest BCUT2D eigenvalue weighted by molar-refractivity contribution is -0.0191. The van der Waals surface area contributed by atoms with Gasteiger partial charge in [0.25, 0.3) is 0 Å². The van der Waals surface area contributed by atoms with E-state index in [1.165, 1.54) is 0 Å². The second kappa shape index (κ2) is 6.14. The summed E-state index contributed by atoms with van der Waals surface area (Å²) in [6, 6.07) is 0. The van der Waals surface area contributed by atoms with Gasteiger partial charge in [0.2, 0.25) is 0 Å². The molecule has 1 aliphatic rings. The minimum Gasteiger partial charge on any atom is -0.394 e. The summed E-state index contributed by atoms with van der Waals surface area (Å²) in [5.74, 6) is 0. The van der Waals surface area contributed by atoms with Crippen molar-refractivity contribution in [2.75, 3.05) is 26.9 Å². The second-order valence-electron chi connectivity index (χ2n) is 5.88. The zero-order chi connectivity index (χ0) is 12.9. The predicted molar refractivity (Wildman–Crippen MR) is 68.2 cm³/mol. The molecule has 0 radical (unpaired) electrons. The average Bonchev–Trinajstić information content (AvgIpc) is 2.79. The molecule has 17 heavy (non-hydrogen) atoms. The van der Waals surface area contributed by atoms with Gasteiger partial charge in [-0.15, -0.1) is 0 Å². The number of aliphatic hydroxyl groups excluding tert-OH is 1. The lowest BCUT2D eigenvalue weighted by Crippen LogP contribution is -2.52. The minimum atomic E-state index is -0.314. The molecule has 4 heteroatoms. The standard InChI is InChI=1S/C13H27NO3/c1-12(2,16-4)9-13(3,10-15)14-8-11-6-5-7-17-11/h11,14-15H,5-10H2,1-4H3. The van der Waals surface area contributed by atoms with E-state index in [4.69, 9.17) is 9.47 Å². The van der Waals surface area contributed by atoms with E-state index in [1.807, 2.05) is 20.8 Å². The van der Waals surface area contributed by atoms with Crippen LogP contribution in [0.4, 0.5) is 0 Å². The van der Waals surface area contributed by atoms with Crippen molar-refractivity contribution in [2.24, 2.45) is 0 Å². The van der Waals surface area contributed by atoms with Gasteiger partial charge in [0.1, 0.15) is 0 Å². The molecule has 0 aromatic carbocycles. The molecule has 2 N–H and O–H groups in total. The van der Waals surface area contributed by atoms with Gasteiger partial charge < -0.3 is 19.9 Å². The molecule has 1 heterocycles. The lowest BCUT2D eigenvalue weighted by atomic mass is 9.88. The molecule has 2 atom stereocenters. The smallest absolute Gasteiger partial charge is 0.0700 e. The molecule has 0 saturated carbocycles. The number of aliphatic hydroxyl groups is 1. The molecule has 0 amide bonds. The van der Waals surface area contributed by atoms with E-state index in [0.29, 0.717) is 6.10 Å². The largest absolute Gasteiger partial charge is 0.394 e. The number of nitrogens with one attached hydrogen (secondary N) is 1. The topological polar surface area (TPSA) is 50.7 Å². The van der Waals surface area contributed by atoms with Crippen molar-refractivity contribution in [1.29, 1.82) is 0 Å². The Morgan fingerprint density at radius 3 is 2.59 bits per heavy atom. The van der Waals surface area contributed by atoms with Crippen molar-refractivity contribution in [2.45, 2.75) is 57.3 Å². The van der Waals surface area contributed by atoms with E-state index in [-0.39, 0.29) is 17.7 Å². The minimum absolute atomic E-state index is 0.104. The summed E-state index contributed by atoms with van der Waals surface area (Å²) >= 11 is 0. The van der Waals surface area contributed by atoms with Crippen molar-refractivity contribution in [3.63, 3.8) is 0 Å². The monoisotopic (exact) mass is 245 g/mol. The van der Waals surface area contributed by atoms with E-state index in [1.54, 1.807) is 7.11 Å². The highest BCUT2D eigenvalue weighted by Gasteiger charge is 2.32. The maximum absolute atomic E-state index is 9.56. The van der Waals surface area contributed by atoms with E-state index in [9.17, 15) is 5.11 Å². The van der Waals surface area contributed by atoms with E-state index >= 15 is 0 Å². The molecule has 0 spiro atoms.